The molecule has 3 N–H and O–H groups in total. The second kappa shape index (κ2) is 9.01. The molecule has 0 aliphatic carbocycles. The molecule has 0 fully saturated rings. The van der Waals surface area contributed by atoms with Crippen molar-refractivity contribution in [2.75, 3.05) is 10.6 Å². The van der Waals surface area contributed by atoms with Crippen LogP contribution in [0.3, 0.4) is 0 Å². The number of carbonyl (C=O) groups excluding carboxylic acids is 2. The summed E-state index contributed by atoms with van der Waals surface area (Å²) in [5.74, 6) is -0.678. The topological polar surface area (TPSA) is 104 Å². The van der Waals surface area contributed by atoms with E-state index in [1.807, 2.05) is 5.38 Å². The summed E-state index contributed by atoms with van der Waals surface area (Å²) < 4.78 is 27.7. The van der Waals surface area contributed by atoms with Gasteiger partial charge in [0.05, 0.1) is 9.77 Å². The van der Waals surface area contributed by atoms with E-state index in [1.165, 1.54) is 23.5 Å². The molecule has 0 unspecified atom stereocenters. The van der Waals surface area contributed by atoms with Crippen LogP contribution in [-0.2, 0) is 10.0 Å². The van der Waals surface area contributed by atoms with Gasteiger partial charge in [0, 0.05) is 22.5 Å². The first-order valence-corrected chi connectivity index (χ1v) is 11.8. The van der Waals surface area contributed by atoms with Crippen LogP contribution in [0.1, 0.15) is 40.8 Å². The van der Waals surface area contributed by atoms with E-state index >= 15 is 0 Å². The molecular weight excluding hydrogens is 434 g/mol. The van der Waals surface area contributed by atoms with E-state index < -0.39 is 21.5 Å². The predicted octanol–water partition coefficient (Wildman–Crippen LogP) is 4.33. The van der Waals surface area contributed by atoms with E-state index in [-0.39, 0.29) is 10.8 Å². The normalized spacial score (nSPS) is 11.7. The van der Waals surface area contributed by atoms with E-state index in [2.05, 4.69) is 15.4 Å². The van der Waals surface area contributed by atoms with Crippen molar-refractivity contribution in [2.24, 2.45) is 0 Å². The van der Waals surface area contributed by atoms with Crippen LogP contribution < -0.4 is 15.4 Å². The molecule has 7 nitrogen and oxygen atoms in total. The maximum Gasteiger partial charge on any atom is 0.265 e. The van der Waals surface area contributed by atoms with Crippen molar-refractivity contribution in [2.45, 2.75) is 31.2 Å². The summed E-state index contributed by atoms with van der Waals surface area (Å²) >= 11 is 1.32. The lowest BCUT2D eigenvalue weighted by Crippen LogP contribution is -2.40. The summed E-state index contributed by atoms with van der Waals surface area (Å²) in [6, 6.07) is 16.0. The van der Waals surface area contributed by atoms with Gasteiger partial charge in [-0.05, 0) is 68.6 Å². The maximum absolute atomic E-state index is 12.7. The molecule has 2 amide bonds. The van der Waals surface area contributed by atoms with Crippen LogP contribution >= 0.6 is 11.3 Å². The summed E-state index contributed by atoms with van der Waals surface area (Å²) in [4.78, 5) is 25.5. The summed E-state index contributed by atoms with van der Waals surface area (Å²) in [5, 5.41) is 7.27. The third-order valence-electron chi connectivity index (χ3n) is 3.97. The molecule has 0 aliphatic rings. The summed E-state index contributed by atoms with van der Waals surface area (Å²) in [6.45, 7) is 5.25. The minimum Gasteiger partial charge on any atom is -0.322 e. The highest BCUT2D eigenvalue weighted by atomic mass is 32.2. The number of hydrogen-bond acceptors (Lipinski definition) is 5. The lowest BCUT2D eigenvalue weighted by atomic mass is 10.1. The van der Waals surface area contributed by atoms with E-state index in [1.54, 1.807) is 69.3 Å². The Hall–Kier alpha value is -3.01. The van der Waals surface area contributed by atoms with Crippen LogP contribution in [0.25, 0.3) is 0 Å². The number of hydrogen-bond donors (Lipinski definition) is 3. The molecule has 162 valence electrons. The van der Waals surface area contributed by atoms with Gasteiger partial charge in [-0.1, -0.05) is 18.2 Å². The molecule has 0 radical (unpaired) electrons. The molecule has 0 aliphatic heterocycles. The first-order valence-electron chi connectivity index (χ1n) is 9.44. The highest BCUT2D eigenvalue weighted by molar-refractivity contribution is 7.89. The zero-order valence-corrected chi connectivity index (χ0v) is 18.9. The molecule has 0 spiro atoms. The Morgan fingerprint density at radius 1 is 0.839 bits per heavy atom. The van der Waals surface area contributed by atoms with Crippen molar-refractivity contribution in [1.29, 1.82) is 0 Å². The first kappa shape index (κ1) is 22.7. The molecule has 0 bridgehead atoms. The Morgan fingerprint density at radius 3 is 2.13 bits per heavy atom. The number of amides is 2. The SMILES string of the molecule is CC(C)(C)NS(=O)(=O)c1cccc(NC(=O)c2cccc(NC(=O)c3cccs3)c2)c1. The Balaban J connectivity index is 1.74. The predicted molar refractivity (Wildman–Crippen MR) is 123 cm³/mol. The zero-order valence-electron chi connectivity index (χ0n) is 17.3. The lowest BCUT2D eigenvalue weighted by Gasteiger charge is -2.20. The zero-order chi connectivity index (χ0) is 22.6. The average Bonchev–Trinajstić information content (AvgIpc) is 3.21. The number of nitrogens with one attached hydrogen (secondary N) is 3. The smallest absolute Gasteiger partial charge is 0.265 e. The quantitative estimate of drug-likeness (QED) is 0.512. The number of rotatable bonds is 6. The summed E-state index contributed by atoms with van der Waals surface area (Å²) in [7, 11) is -3.73. The molecule has 2 aromatic carbocycles. The van der Waals surface area contributed by atoms with E-state index in [0.29, 0.717) is 21.8 Å². The van der Waals surface area contributed by atoms with Crippen molar-refractivity contribution in [3.63, 3.8) is 0 Å². The van der Waals surface area contributed by atoms with Gasteiger partial charge < -0.3 is 10.6 Å². The van der Waals surface area contributed by atoms with Gasteiger partial charge in [-0.15, -0.1) is 11.3 Å². The van der Waals surface area contributed by atoms with Gasteiger partial charge in [0.25, 0.3) is 11.8 Å². The van der Waals surface area contributed by atoms with Gasteiger partial charge in [-0.3, -0.25) is 9.59 Å². The highest BCUT2D eigenvalue weighted by Gasteiger charge is 2.22. The van der Waals surface area contributed by atoms with Crippen LogP contribution in [-0.4, -0.2) is 25.8 Å². The highest BCUT2D eigenvalue weighted by Crippen LogP contribution is 2.20. The molecule has 0 saturated carbocycles. The summed E-state index contributed by atoms with van der Waals surface area (Å²) in [5.41, 5.74) is 0.517. The molecule has 1 aromatic heterocycles. The fourth-order valence-corrected chi connectivity index (χ4v) is 4.83. The van der Waals surface area contributed by atoms with Gasteiger partial charge in [0.1, 0.15) is 0 Å². The van der Waals surface area contributed by atoms with Gasteiger partial charge in [0.2, 0.25) is 10.0 Å². The van der Waals surface area contributed by atoms with Crippen LogP contribution in [0, 0.1) is 0 Å². The van der Waals surface area contributed by atoms with Gasteiger partial charge in [-0.2, -0.15) is 0 Å². The third-order valence-corrected chi connectivity index (χ3v) is 6.59. The Kier molecular flexibility index (Phi) is 6.59. The van der Waals surface area contributed by atoms with Crippen molar-refractivity contribution in [1.82, 2.24) is 4.72 Å². The number of carbonyl (C=O) groups is 2. The van der Waals surface area contributed by atoms with Crippen LogP contribution in [0.2, 0.25) is 0 Å². The van der Waals surface area contributed by atoms with Crippen molar-refractivity contribution in [3.8, 4) is 0 Å². The number of thiophene rings is 1. The summed E-state index contributed by atoms with van der Waals surface area (Å²) in [6.07, 6.45) is 0. The van der Waals surface area contributed by atoms with Gasteiger partial charge in [0.15, 0.2) is 0 Å². The van der Waals surface area contributed by atoms with Crippen LogP contribution in [0.5, 0.6) is 0 Å². The Labute approximate surface area is 185 Å². The fraction of sp³-hybridized carbons (Fsp3) is 0.182. The van der Waals surface area contributed by atoms with Crippen molar-refractivity contribution < 1.29 is 18.0 Å². The second-order valence-corrected chi connectivity index (χ2v) is 10.5. The van der Waals surface area contributed by atoms with E-state index in [9.17, 15) is 18.0 Å². The third kappa shape index (κ3) is 6.24. The number of benzene rings is 2. The Bertz CT molecular complexity index is 1200. The van der Waals surface area contributed by atoms with Crippen LogP contribution in [0.4, 0.5) is 11.4 Å². The first-order chi connectivity index (χ1) is 14.5. The van der Waals surface area contributed by atoms with Crippen molar-refractivity contribution in [3.05, 3.63) is 76.5 Å². The van der Waals surface area contributed by atoms with Gasteiger partial charge >= 0.3 is 0 Å². The molecule has 1 heterocycles. The maximum atomic E-state index is 12.7. The Morgan fingerprint density at radius 2 is 1.48 bits per heavy atom. The van der Waals surface area contributed by atoms with Gasteiger partial charge in [-0.25, -0.2) is 13.1 Å². The lowest BCUT2D eigenvalue weighted by molar-refractivity contribution is 0.101. The molecular formula is C22H23N3O4S2. The van der Waals surface area contributed by atoms with E-state index in [4.69, 9.17) is 0 Å². The monoisotopic (exact) mass is 457 g/mol. The van der Waals surface area contributed by atoms with E-state index in [0.717, 1.165) is 0 Å². The minimum atomic E-state index is -3.73. The molecule has 3 rings (SSSR count). The molecule has 3 aromatic rings. The second-order valence-electron chi connectivity index (χ2n) is 7.85. The van der Waals surface area contributed by atoms with Crippen molar-refractivity contribution >= 4 is 44.5 Å². The number of anilines is 2. The largest absolute Gasteiger partial charge is 0.322 e. The fourth-order valence-electron chi connectivity index (χ4n) is 2.74. The minimum absolute atomic E-state index is 0.0530. The molecule has 9 heteroatoms. The molecule has 0 atom stereocenters. The standard InChI is InChI=1S/C22H23N3O4S2/c1-22(2,3)25-31(28,29)18-10-5-9-17(14-18)23-20(26)15-7-4-8-16(13-15)24-21(27)19-11-6-12-30-19/h4-14,25H,1-3H3,(H,23,26)(H,24,27). The molecule has 31 heavy (non-hydrogen) atoms. The number of sulfonamides is 1. The molecule has 0 saturated heterocycles. The van der Waals surface area contributed by atoms with Crippen LogP contribution in [0.15, 0.2) is 70.9 Å². The average molecular weight is 458 g/mol.